The van der Waals surface area contributed by atoms with Gasteiger partial charge in [0.2, 0.25) is 0 Å². The molecule has 0 spiro atoms. The number of rotatable bonds is 7. The third-order valence-electron chi connectivity index (χ3n) is 5.74. The molecule has 0 saturated carbocycles. The van der Waals surface area contributed by atoms with Crippen molar-refractivity contribution >= 4 is 5.91 Å². The van der Waals surface area contributed by atoms with Crippen LogP contribution >= 0.6 is 0 Å². The van der Waals surface area contributed by atoms with Crippen LogP contribution in [0, 0.1) is 0 Å². The lowest BCUT2D eigenvalue weighted by molar-refractivity contribution is -0.137. The standard InChI is InChI=1S/C20H27F3N2O5/c1-29-11-14-3-2-8-25(14)17-15(30-16(10-26)18(17)27)9-24-19(28)12-4-6-13(7-5-12)20(21,22)23/h4-7,14-18,26-27H,2-3,8-11H2,1H3,(H,24,28)/t14-,15-,16+,17+,18-/m1/s1. The van der Waals surface area contributed by atoms with Crippen molar-refractivity contribution in [2.24, 2.45) is 0 Å². The van der Waals surface area contributed by atoms with Gasteiger partial charge in [-0.15, -0.1) is 0 Å². The van der Waals surface area contributed by atoms with Crippen LogP contribution < -0.4 is 5.32 Å². The highest BCUT2D eigenvalue weighted by atomic mass is 19.4. The Kier molecular flexibility index (Phi) is 7.35. The maximum absolute atomic E-state index is 12.7. The molecule has 3 N–H and O–H groups in total. The minimum Gasteiger partial charge on any atom is -0.394 e. The number of aliphatic hydroxyl groups is 2. The molecular formula is C20H27F3N2O5. The number of nitrogens with zero attached hydrogens (tertiary/aromatic N) is 1. The number of benzene rings is 1. The van der Waals surface area contributed by atoms with E-state index in [0.29, 0.717) is 6.61 Å². The van der Waals surface area contributed by atoms with E-state index in [4.69, 9.17) is 9.47 Å². The Morgan fingerprint density at radius 2 is 2.00 bits per heavy atom. The predicted molar refractivity (Wildman–Crippen MR) is 101 cm³/mol. The number of ether oxygens (including phenoxy) is 2. The lowest BCUT2D eigenvalue weighted by Gasteiger charge is -2.34. The van der Waals surface area contributed by atoms with Crippen molar-refractivity contribution in [3.63, 3.8) is 0 Å². The first-order chi connectivity index (χ1) is 14.3. The fourth-order valence-corrected chi connectivity index (χ4v) is 4.28. The number of carbonyl (C=O) groups excluding carboxylic acids is 1. The Bertz CT molecular complexity index is 715. The number of aliphatic hydroxyl groups excluding tert-OH is 2. The minimum atomic E-state index is -4.47. The molecule has 3 rings (SSSR count). The van der Waals surface area contributed by atoms with Crippen LogP contribution in [-0.2, 0) is 15.7 Å². The van der Waals surface area contributed by atoms with Gasteiger partial charge in [-0.2, -0.15) is 13.2 Å². The molecule has 30 heavy (non-hydrogen) atoms. The van der Waals surface area contributed by atoms with E-state index in [9.17, 15) is 28.2 Å². The molecule has 2 fully saturated rings. The van der Waals surface area contributed by atoms with E-state index < -0.39 is 42.0 Å². The average Bonchev–Trinajstić information content (AvgIpc) is 3.29. The minimum absolute atomic E-state index is 0.0499. The van der Waals surface area contributed by atoms with E-state index in [0.717, 1.165) is 43.7 Å². The van der Waals surface area contributed by atoms with Crippen LogP contribution in [-0.4, -0.2) is 84.8 Å². The number of hydrogen-bond donors (Lipinski definition) is 3. The topological polar surface area (TPSA) is 91.3 Å². The molecule has 0 aromatic heterocycles. The molecule has 2 heterocycles. The van der Waals surface area contributed by atoms with Gasteiger partial charge in [0.05, 0.1) is 30.9 Å². The second-order valence-corrected chi connectivity index (χ2v) is 7.65. The quantitative estimate of drug-likeness (QED) is 0.597. The summed E-state index contributed by atoms with van der Waals surface area (Å²) in [5.74, 6) is -0.539. The van der Waals surface area contributed by atoms with Crippen molar-refractivity contribution < 1.29 is 37.7 Å². The third-order valence-corrected chi connectivity index (χ3v) is 5.74. The molecule has 10 heteroatoms. The van der Waals surface area contributed by atoms with Crippen LogP contribution in [0.2, 0.25) is 0 Å². The molecule has 1 amide bonds. The summed E-state index contributed by atoms with van der Waals surface area (Å²) in [6.07, 6.45) is -4.90. The van der Waals surface area contributed by atoms with Crippen molar-refractivity contribution in [2.75, 3.05) is 33.4 Å². The molecule has 5 atom stereocenters. The first-order valence-electron chi connectivity index (χ1n) is 9.90. The Balaban J connectivity index is 1.66. The van der Waals surface area contributed by atoms with Crippen LogP contribution in [0.5, 0.6) is 0 Å². The fourth-order valence-electron chi connectivity index (χ4n) is 4.28. The van der Waals surface area contributed by atoms with Crippen molar-refractivity contribution in [1.82, 2.24) is 10.2 Å². The number of hydrogen-bond acceptors (Lipinski definition) is 6. The molecule has 1 aromatic rings. The van der Waals surface area contributed by atoms with Crippen LogP contribution in [0.1, 0.15) is 28.8 Å². The fraction of sp³-hybridized carbons (Fsp3) is 0.650. The second-order valence-electron chi connectivity index (χ2n) is 7.65. The number of nitrogens with one attached hydrogen (secondary N) is 1. The summed E-state index contributed by atoms with van der Waals surface area (Å²) in [7, 11) is 1.61. The molecule has 2 aliphatic heterocycles. The molecule has 0 radical (unpaired) electrons. The second kappa shape index (κ2) is 9.61. The first kappa shape index (κ1) is 23.0. The summed E-state index contributed by atoms with van der Waals surface area (Å²) in [5, 5.41) is 22.9. The van der Waals surface area contributed by atoms with Crippen LogP contribution in [0.4, 0.5) is 13.2 Å². The lowest BCUT2D eigenvalue weighted by atomic mass is 10.0. The van der Waals surface area contributed by atoms with E-state index in [1.165, 1.54) is 0 Å². The summed E-state index contributed by atoms with van der Waals surface area (Å²) in [5.41, 5.74) is -0.736. The van der Waals surface area contributed by atoms with Gasteiger partial charge in [-0.3, -0.25) is 9.69 Å². The zero-order valence-electron chi connectivity index (χ0n) is 16.6. The van der Waals surface area contributed by atoms with Crippen LogP contribution in [0.15, 0.2) is 24.3 Å². The summed E-state index contributed by atoms with van der Waals surface area (Å²) in [6, 6.07) is 3.61. The van der Waals surface area contributed by atoms with Gasteiger partial charge in [0, 0.05) is 25.3 Å². The molecule has 0 bridgehead atoms. The van der Waals surface area contributed by atoms with Crippen molar-refractivity contribution in [1.29, 1.82) is 0 Å². The lowest BCUT2D eigenvalue weighted by Crippen LogP contribution is -2.53. The first-order valence-corrected chi connectivity index (χ1v) is 9.90. The Hall–Kier alpha value is -1.72. The highest BCUT2D eigenvalue weighted by Gasteiger charge is 2.48. The van der Waals surface area contributed by atoms with Crippen molar-refractivity contribution in [2.45, 2.75) is 49.4 Å². The summed E-state index contributed by atoms with van der Waals surface area (Å²) in [4.78, 5) is 14.5. The maximum Gasteiger partial charge on any atom is 0.416 e. The Morgan fingerprint density at radius 3 is 2.60 bits per heavy atom. The molecule has 0 aliphatic carbocycles. The number of alkyl halides is 3. The highest BCUT2D eigenvalue weighted by molar-refractivity contribution is 5.94. The van der Waals surface area contributed by atoms with E-state index in [1.54, 1.807) is 7.11 Å². The van der Waals surface area contributed by atoms with Gasteiger partial charge in [-0.25, -0.2) is 0 Å². The number of halogens is 3. The van der Waals surface area contributed by atoms with Gasteiger partial charge in [0.25, 0.3) is 5.91 Å². The molecular weight excluding hydrogens is 405 g/mol. The Morgan fingerprint density at radius 1 is 1.30 bits per heavy atom. The highest BCUT2D eigenvalue weighted by Crippen LogP contribution is 2.32. The van der Waals surface area contributed by atoms with Gasteiger partial charge in [-0.05, 0) is 43.7 Å². The molecule has 1 aromatic carbocycles. The molecule has 2 aliphatic rings. The van der Waals surface area contributed by atoms with Gasteiger partial charge < -0.3 is 25.0 Å². The summed E-state index contributed by atoms with van der Waals surface area (Å²) in [6.45, 7) is 0.927. The number of likely N-dealkylation sites (tertiary alicyclic amines) is 1. The molecule has 168 valence electrons. The summed E-state index contributed by atoms with van der Waals surface area (Å²) >= 11 is 0. The van der Waals surface area contributed by atoms with E-state index in [2.05, 4.69) is 10.2 Å². The number of amides is 1. The zero-order valence-corrected chi connectivity index (χ0v) is 16.6. The normalized spacial score (nSPS) is 30.0. The SMILES string of the molecule is COC[C@H]1CCCN1[C@@H]1[C@H](O)[C@H](CO)O[C@@H]1CNC(=O)c1ccc(C(F)(F)F)cc1. The van der Waals surface area contributed by atoms with Gasteiger partial charge in [-0.1, -0.05) is 0 Å². The predicted octanol–water partition coefficient (Wildman–Crippen LogP) is 1.04. The van der Waals surface area contributed by atoms with Gasteiger partial charge in [0.15, 0.2) is 0 Å². The smallest absolute Gasteiger partial charge is 0.394 e. The van der Waals surface area contributed by atoms with E-state index in [-0.39, 0.29) is 24.8 Å². The van der Waals surface area contributed by atoms with Crippen molar-refractivity contribution in [3.05, 3.63) is 35.4 Å². The largest absolute Gasteiger partial charge is 0.416 e. The zero-order chi connectivity index (χ0) is 21.9. The summed E-state index contributed by atoms with van der Waals surface area (Å²) < 4.78 is 49.1. The molecule has 7 nitrogen and oxygen atoms in total. The van der Waals surface area contributed by atoms with E-state index in [1.807, 2.05) is 0 Å². The van der Waals surface area contributed by atoms with E-state index >= 15 is 0 Å². The molecule has 2 saturated heterocycles. The van der Waals surface area contributed by atoms with Crippen molar-refractivity contribution in [3.8, 4) is 0 Å². The van der Waals surface area contributed by atoms with Crippen LogP contribution in [0.25, 0.3) is 0 Å². The Labute approximate surface area is 172 Å². The van der Waals surface area contributed by atoms with Crippen LogP contribution in [0.3, 0.4) is 0 Å². The monoisotopic (exact) mass is 432 g/mol. The van der Waals surface area contributed by atoms with Gasteiger partial charge in [0.1, 0.15) is 12.2 Å². The number of carbonyl (C=O) groups is 1. The average molecular weight is 432 g/mol. The van der Waals surface area contributed by atoms with Gasteiger partial charge >= 0.3 is 6.18 Å². The third kappa shape index (κ3) is 4.94. The molecule has 0 unspecified atom stereocenters. The maximum atomic E-state index is 12.7. The number of methoxy groups -OCH3 is 1.